The minimum absolute atomic E-state index is 0.202. The molecule has 158 valence electrons. The summed E-state index contributed by atoms with van der Waals surface area (Å²) in [6.07, 6.45) is 5.62. The number of halogens is 1. The number of aliphatic imine (C=N–C) groups is 1. The fourth-order valence-corrected chi connectivity index (χ4v) is 4.19. The van der Waals surface area contributed by atoms with Crippen molar-refractivity contribution in [3.8, 4) is 0 Å². The third kappa shape index (κ3) is 4.10. The van der Waals surface area contributed by atoms with Crippen LogP contribution >= 0.6 is 0 Å². The normalized spacial score (nSPS) is 26.4. The summed E-state index contributed by atoms with van der Waals surface area (Å²) in [4.78, 5) is 17.4. The maximum atomic E-state index is 13.5. The predicted molar refractivity (Wildman–Crippen MR) is 117 cm³/mol. The van der Waals surface area contributed by atoms with Crippen LogP contribution in [0, 0.1) is 12.8 Å². The molecule has 6 heteroatoms. The lowest BCUT2D eigenvalue weighted by atomic mass is 9.88. The van der Waals surface area contributed by atoms with Crippen LogP contribution in [0.5, 0.6) is 0 Å². The molecule has 1 aliphatic carbocycles. The van der Waals surface area contributed by atoms with Gasteiger partial charge >= 0.3 is 0 Å². The monoisotopic (exact) mass is 409 g/mol. The molecule has 1 fully saturated rings. The van der Waals surface area contributed by atoms with Gasteiger partial charge in [-0.3, -0.25) is 4.79 Å². The van der Waals surface area contributed by atoms with Crippen molar-refractivity contribution >= 4 is 17.3 Å². The van der Waals surface area contributed by atoms with E-state index in [-0.39, 0.29) is 5.91 Å². The molecule has 0 spiro atoms. The number of nitrogens with zero attached hydrogens (tertiary/aromatic N) is 1. The van der Waals surface area contributed by atoms with Crippen LogP contribution in [0.2, 0.25) is 0 Å². The van der Waals surface area contributed by atoms with Crippen LogP contribution in [0.3, 0.4) is 0 Å². The number of carbonyl (C=O) groups excluding carboxylic acids is 1. The van der Waals surface area contributed by atoms with Gasteiger partial charge in [0.25, 0.3) is 5.91 Å². The van der Waals surface area contributed by atoms with Gasteiger partial charge in [-0.25, -0.2) is 4.99 Å². The summed E-state index contributed by atoms with van der Waals surface area (Å²) in [6.45, 7) is 7.57. The molecule has 4 rings (SSSR count). The second-order valence-corrected chi connectivity index (χ2v) is 8.50. The highest BCUT2D eigenvalue weighted by Gasteiger charge is 2.43. The lowest BCUT2D eigenvalue weighted by molar-refractivity contribution is -0.118. The number of rotatable bonds is 5. The van der Waals surface area contributed by atoms with Crippen LogP contribution in [-0.4, -0.2) is 23.4 Å². The molecule has 30 heavy (non-hydrogen) atoms. The van der Waals surface area contributed by atoms with Gasteiger partial charge in [0.2, 0.25) is 5.95 Å². The van der Waals surface area contributed by atoms with Crippen molar-refractivity contribution in [3.05, 3.63) is 64.8 Å². The SMILES string of the molecule is CC1=NC(F)=CCC1OC1(C)NC=C(C2CC2)C(C)=C1C(=O)Nc1cccc(C)c1. The van der Waals surface area contributed by atoms with Crippen LogP contribution in [0.4, 0.5) is 10.1 Å². The van der Waals surface area contributed by atoms with Crippen LogP contribution < -0.4 is 10.6 Å². The van der Waals surface area contributed by atoms with Crippen LogP contribution in [0.15, 0.2) is 64.2 Å². The molecular formula is C24H28FN3O2. The number of hydrogen-bond acceptors (Lipinski definition) is 4. The van der Waals surface area contributed by atoms with Gasteiger partial charge < -0.3 is 15.4 Å². The molecule has 2 atom stereocenters. The van der Waals surface area contributed by atoms with E-state index < -0.39 is 17.8 Å². The molecule has 0 aromatic heterocycles. The molecule has 0 saturated heterocycles. The van der Waals surface area contributed by atoms with E-state index in [1.54, 1.807) is 6.92 Å². The summed E-state index contributed by atoms with van der Waals surface area (Å²) < 4.78 is 19.9. The summed E-state index contributed by atoms with van der Waals surface area (Å²) in [7, 11) is 0. The maximum absolute atomic E-state index is 13.5. The Bertz CT molecular complexity index is 1000. The second kappa shape index (κ2) is 7.84. The van der Waals surface area contributed by atoms with Gasteiger partial charge in [-0.05, 0) is 81.4 Å². The number of carbonyl (C=O) groups is 1. The van der Waals surface area contributed by atoms with E-state index in [0.717, 1.165) is 35.2 Å². The van der Waals surface area contributed by atoms with Gasteiger partial charge in [0.15, 0.2) is 5.72 Å². The number of ether oxygens (including phenoxy) is 1. The van der Waals surface area contributed by atoms with E-state index in [4.69, 9.17) is 4.74 Å². The Morgan fingerprint density at radius 1 is 1.30 bits per heavy atom. The third-order valence-electron chi connectivity index (χ3n) is 5.94. The Kier molecular flexibility index (Phi) is 5.36. The van der Waals surface area contributed by atoms with E-state index >= 15 is 0 Å². The van der Waals surface area contributed by atoms with Gasteiger partial charge in [-0.15, -0.1) is 0 Å². The Hall–Kier alpha value is -2.73. The molecule has 2 aliphatic heterocycles. The number of benzene rings is 1. The summed E-state index contributed by atoms with van der Waals surface area (Å²) in [5.41, 5.74) is 3.97. The quantitative estimate of drug-likeness (QED) is 0.678. The molecule has 2 unspecified atom stereocenters. The summed E-state index contributed by atoms with van der Waals surface area (Å²) in [6, 6.07) is 7.71. The van der Waals surface area contributed by atoms with Crippen molar-refractivity contribution in [1.82, 2.24) is 5.32 Å². The van der Waals surface area contributed by atoms with Crippen molar-refractivity contribution in [3.63, 3.8) is 0 Å². The molecule has 1 aromatic carbocycles. The minimum atomic E-state index is -1.06. The molecule has 1 aromatic rings. The molecule has 0 bridgehead atoms. The fourth-order valence-electron chi connectivity index (χ4n) is 4.19. The number of aryl methyl sites for hydroxylation is 1. The largest absolute Gasteiger partial charge is 0.360 e. The van der Waals surface area contributed by atoms with Crippen molar-refractivity contribution in [2.75, 3.05) is 5.32 Å². The van der Waals surface area contributed by atoms with E-state index in [1.165, 1.54) is 6.08 Å². The predicted octanol–water partition coefficient (Wildman–Crippen LogP) is 4.92. The van der Waals surface area contributed by atoms with Crippen LogP contribution in [-0.2, 0) is 9.53 Å². The van der Waals surface area contributed by atoms with Crippen LogP contribution in [0.25, 0.3) is 0 Å². The Balaban J connectivity index is 1.65. The molecule has 2 heterocycles. The van der Waals surface area contributed by atoms with E-state index in [2.05, 4.69) is 15.6 Å². The number of nitrogens with one attached hydrogen (secondary N) is 2. The fraction of sp³-hybridized carbons (Fsp3) is 0.417. The average molecular weight is 410 g/mol. The van der Waals surface area contributed by atoms with Crippen molar-refractivity contribution < 1.29 is 13.9 Å². The molecule has 2 N–H and O–H groups in total. The summed E-state index contributed by atoms with van der Waals surface area (Å²) in [5.74, 6) is -0.209. The van der Waals surface area contributed by atoms with Crippen molar-refractivity contribution in [2.45, 2.75) is 58.8 Å². The maximum Gasteiger partial charge on any atom is 0.256 e. The Labute approximate surface area is 176 Å². The van der Waals surface area contributed by atoms with Crippen LogP contribution in [0.1, 0.15) is 45.6 Å². The summed E-state index contributed by atoms with van der Waals surface area (Å²) >= 11 is 0. The zero-order chi connectivity index (χ0) is 21.5. The zero-order valence-corrected chi connectivity index (χ0v) is 17.9. The smallest absolute Gasteiger partial charge is 0.256 e. The highest BCUT2D eigenvalue weighted by molar-refractivity contribution is 6.06. The molecule has 5 nitrogen and oxygen atoms in total. The number of allylic oxidation sites excluding steroid dienone is 2. The van der Waals surface area contributed by atoms with E-state index in [9.17, 15) is 9.18 Å². The third-order valence-corrected chi connectivity index (χ3v) is 5.94. The average Bonchev–Trinajstić information content (AvgIpc) is 3.49. The molecule has 1 amide bonds. The number of dihydropyridines is 1. The van der Waals surface area contributed by atoms with Gasteiger partial charge in [0.1, 0.15) is 6.10 Å². The molecule has 0 radical (unpaired) electrons. The van der Waals surface area contributed by atoms with Gasteiger partial charge in [0, 0.05) is 24.0 Å². The molecular weight excluding hydrogens is 381 g/mol. The zero-order valence-electron chi connectivity index (χ0n) is 17.9. The Morgan fingerprint density at radius 3 is 2.73 bits per heavy atom. The first-order chi connectivity index (χ1) is 14.3. The van der Waals surface area contributed by atoms with Gasteiger partial charge in [-0.1, -0.05) is 12.1 Å². The van der Waals surface area contributed by atoms with Gasteiger partial charge in [-0.2, -0.15) is 4.39 Å². The second-order valence-electron chi connectivity index (χ2n) is 8.50. The number of anilines is 1. The first kappa shape index (κ1) is 20.5. The van der Waals surface area contributed by atoms with Crippen molar-refractivity contribution in [1.29, 1.82) is 0 Å². The van der Waals surface area contributed by atoms with E-state index in [0.29, 0.717) is 23.6 Å². The standard InChI is InChI=1S/C24H28FN3O2/c1-14-6-5-7-18(12-14)28-23(29)22-15(2)19(17-8-9-17)13-26-24(22,4)30-20-10-11-21(25)27-16(20)3/h5-7,11-13,17,20,26H,8-10H2,1-4H3,(H,28,29). The Morgan fingerprint density at radius 2 is 2.07 bits per heavy atom. The lowest BCUT2D eigenvalue weighted by Gasteiger charge is -2.40. The van der Waals surface area contributed by atoms with Crippen molar-refractivity contribution in [2.24, 2.45) is 10.9 Å². The first-order valence-corrected chi connectivity index (χ1v) is 10.4. The highest BCUT2D eigenvalue weighted by Crippen LogP contribution is 2.44. The molecule has 3 aliphatic rings. The molecule has 1 saturated carbocycles. The lowest BCUT2D eigenvalue weighted by Crippen LogP contribution is -2.53. The first-order valence-electron chi connectivity index (χ1n) is 10.4. The van der Waals surface area contributed by atoms with E-state index in [1.807, 2.05) is 51.2 Å². The highest BCUT2D eigenvalue weighted by atomic mass is 19.1. The number of hydrogen-bond donors (Lipinski definition) is 2. The van der Waals surface area contributed by atoms with Gasteiger partial charge in [0.05, 0.1) is 5.57 Å². The number of amides is 1. The summed E-state index contributed by atoms with van der Waals surface area (Å²) in [5, 5.41) is 6.36. The minimum Gasteiger partial charge on any atom is -0.360 e. The topological polar surface area (TPSA) is 62.7 Å².